The molecule has 2 aromatic heterocycles. The Labute approximate surface area is 132 Å². The third-order valence-electron chi connectivity index (χ3n) is 2.89. The van der Waals surface area contributed by atoms with Crippen molar-refractivity contribution in [2.24, 2.45) is 0 Å². The molecule has 0 atom stereocenters. The number of imidazole rings is 1. The van der Waals surface area contributed by atoms with E-state index in [0.29, 0.717) is 0 Å². The molecule has 0 saturated heterocycles. The average Bonchev–Trinajstić information content (AvgIpc) is 2.83. The Bertz CT molecular complexity index is 754. The number of halogens is 2. The first-order chi connectivity index (χ1) is 9.19. The monoisotopic (exact) mass is 428 g/mol. The first kappa shape index (κ1) is 12.9. The number of nitrogens with zero attached hydrogens (tertiary/aromatic N) is 2. The minimum Gasteiger partial charge on any atom is -0.497 e. The van der Waals surface area contributed by atoms with Crippen LogP contribution < -0.4 is 4.74 Å². The summed E-state index contributed by atoms with van der Waals surface area (Å²) in [6, 6.07) is 9.97. The van der Waals surface area contributed by atoms with Gasteiger partial charge in [0.2, 0.25) is 0 Å². The van der Waals surface area contributed by atoms with Crippen molar-refractivity contribution in [3.63, 3.8) is 0 Å². The molecule has 2 heterocycles. The number of ether oxygens (including phenoxy) is 1. The summed E-state index contributed by atoms with van der Waals surface area (Å²) in [5.41, 5.74) is 2.97. The van der Waals surface area contributed by atoms with Crippen molar-refractivity contribution in [3.8, 4) is 17.0 Å². The molecule has 96 valence electrons. The number of hydrogen-bond donors (Lipinski definition) is 0. The van der Waals surface area contributed by atoms with E-state index in [-0.39, 0.29) is 0 Å². The lowest BCUT2D eigenvalue weighted by molar-refractivity contribution is 0.414. The van der Waals surface area contributed by atoms with Gasteiger partial charge < -0.3 is 9.14 Å². The number of aromatic nitrogens is 2. The van der Waals surface area contributed by atoms with Crippen LogP contribution in [-0.4, -0.2) is 16.5 Å². The minimum absolute atomic E-state index is 0.828. The second-order valence-corrected chi connectivity index (χ2v) is 6.08. The number of fused-ring (bicyclic) bond motifs is 1. The first-order valence-electron chi connectivity index (χ1n) is 5.66. The van der Waals surface area contributed by atoms with Gasteiger partial charge in [-0.2, -0.15) is 0 Å². The summed E-state index contributed by atoms with van der Waals surface area (Å²) in [5.74, 6) is 0.828. The lowest BCUT2D eigenvalue weighted by atomic mass is 10.1. The number of benzene rings is 1. The highest BCUT2D eigenvalue weighted by atomic mass is 127. The molecule has 0 aliphatic carbocycles. The quantitative estimate of drug-likeness (QED) is 0.566. The van der Waals surface area contributed by atoms with Crippen LogP contribution in [0.2, 0.25) is 0 Å². The predicted molar refractivity (Wildman–Crippen MR) is 87.6 cm³/mol. The van der Waals surface area contributed by atoms with Crippen LogP contribution in [0.5, 0.6) is 5.75 Å². The van der Waals surface area contributed by atoms with E-state index in [9.17, 15) is 0 Å². The van der Waals surface area contributed by atoms with Gasteiger partial charge >= 0.3 is 0 Å². The summed E-state index contributed by atoms with van der Waals surface area (Å²) >= 11 is 5.87. The van der Waals surface area contributed by atoms with Crippen LogP contribution in [0.15, 0.2) is 47.2 Å². The number of hydrogen-bond acceptors (Lipinski definition) is 2. The second-order valence-electron chi connectivity index (χ2n) is 4.06. The smallest absolute Gasteiger partial charge is 0.150 e. The standard InChI is InChI=1S/C14H10BrIN2O/c1-19-9-4-5-10(11(15)7-9)13-8-18-6-2-3-12(16)14(18)17-13/h2-8H,1H3. The molecule has 0 N–H and O–H groups in total. The van der Waals surface area contributed by atoms with E-state index in [1.54, 1.807) is 7.11 Å². The highest BCUT2D eigenvalue weighted by Crippen LogP contribution is 2.31. The SMILES string of the molecule is COc1ccc(-c2cn3cccc(I)c3n2)c(Br)c1. The molecule has 0 unspecified atom stereocenters. The van der Waals surface area contributed by atoms with E-state index < -0.39 is 0 Å². The van der Waals surface area contributed by atoms with Gasteiger partial charge in [-0.15, -0.1) is 0 Å². The molecule has 0 aliphatic rings. The molecule has 0 aliphatic heterocycles. The summed E-state index contributed by atoms with van der Waals surface area (Å²) in [6.07, 6.45) is 4.04. The molecular formula is C14H10BrIN2O. The number of pyridine rings is 1. The van der Waals surface area contributed by atoms with Gasteiger partial charge in [-0.05, 0) is 68.9 Å². The van der Waals surface area contributed by atoms with Gasteiger partial charge in [0.1, 0.15) is 5.75 Å². The van der Waals surface area contributed by atoms with Crippen molar-refractivity contribution in [1.29, 1.82) is 0 Å². The molecule has 1 aromatic carbocycles. The van der Waals surface area contributed by atoms with Crippen molar-refractivity contribution in [2.75, 3.05) is 7.11 Å². The molecule has 3 rings (SSSR count). The topological polar surface area (TPSA) is 26.5 Å². The molecule has 0 bridgehead atoms. The van der Waals surface area contributed by atoms with Crippen LogP contribution >= 0.6 is 38.5 Å². The average molecular weight is 429 g/mol. The zero-order valence-electron chi connectivity index (χ0n) is 10.1. The minimum atomic E-state index is 0.828. The molecule has 19 heavy (non-hydrogen) atoms. The molecule has 3 aromatic rings. The molecule has 0 radical (unpaired) electrons. The van der Waals surface area contributed by atoms with Crippen LogP contribution in [0.4, 0.5) is 0 Å². The van der Waals surface area contributed by atoms with E-state index in [1.165, 1.54) is 0 Å². The fourth-order valence-corrected chi connectivity index (χ4v) is 3.11. The van der Waals surface area contributed by atoms with Crippen molar-refractivity contribution >= 4 is 44.2 Å². The lowest BCUT2D eigenvalue weighted by Gasteiger charge is -2.04. The zero-order valence-corrected chi connectivity index (χ0v) is 13.8. The highest BCUT2D eigenvalue weighted by Gasteiger charge is 2.10. The first-order valence-corrected chi connectivity index (χ1v) is 7.53. The van der Waals surface area contributed by atoms with Gasteiger partial charge in [-0.3, -0.25) is 0 Å². The van der Waals surface area contributed by atoms with Gasteiger partial charge in [0.15, 0.2) is 5.65 Å². The zero-order chi connectivity index (χ0) is 13.4. The van der Waals surface area contributed by atoms with Crippen molar-refractivity contribution in [3.05, 3.63) is 50.8 Å². The number of methoxy groups -OCH3 is 1. The molecule has 0 fully saturated rings. The third-order valence-corrected chi connectivity index (χ3v) is 4.39. The number of rotatable bonds is 2. The van der Waals surface area contributed by atoms with Crippen LogP contribution in [0.25, 0.3) is 16.9 Å². The van der Waals surface area contributed by atoms with Gasteiger partial charge in [-0.1, -0.05) is 0 Å². The Hall–Kier alpha value is -1.08. The molecule has 0 spiro atoms. The van der Waals surface area contributed by atoms with Crippen molar-refractivity contribution in [2.45, 2.75) is 0 Å². The lowest BCUT2D eigenvalue weighted by Crippen LogP contribution is -1.85. The van der Waals surface area contributed by atoms with Crippen LogP contribution in [0, 0.1) is 3.57 Å². The Balaban J connectivity index is 2.16. The highest BCUT2D eigenvalue weighted by molar-refractivity contribution is 14.1. The summed E-state index contributed by atoms with van der Waals surface area (Å²) < 4.78 is 9.35. The Morgan fingerprint density at radius 2 is 2.16 bits per heavy atom. The fourth-order valence-electron chi connectivity index (χ4n) is 1.94. The Kier molecular flexibility index (Phi) is 3.49. The Morgan fingerprint density at radius 1 is 1.32 bits per heavy atom. The van der Waals surface area contributed by atoms with E-state index >= 15 is 0 Å². The van der Waals surface area contributed by atoms with E-state index in [0.717, 1.165) is 30.7 Å². The molecular weight excluding hydrogens is 419 g/mol. The van der Waals surface area contributed by atoms with Gasteiger partial charge in [0.05, 0.1) is 16.4 Å². The van der Waals surface area contributed by atoms with E-state index in [2.05, 4.69) is 49.6 Å². The van der Waals surface area contributed by atoms with Crippen molar-refractivity contribution in [1.82, 2.24) is 9.38 Å². The molecule has 0 saturated carbocycles. The largest absolute Gasteiger partial charge is 0.497 e. The third kappa shape index (κ3) is 2.36. The van der Waals surface area contributed by atoms with Gasteiger partial charge in [0.25, 0.3) is 0 Å². The Morgan fingerprint density at radius 3 is 2.84 bits per heavy atom. The predicted octanol–water partition coefficient (Wildman–Crippen LogP) is 4.38. The van der Waals surface area contributed by atoms with Gasteiger partial charge in [-0.25, -0.2) is 4.98 Å². The van der Waals surface area contributed by atoms with Crippen LogP contribution in [-0.2, 0) is 0 Å². The summed E-state index contributed by atoms with van der Waals surface area (Å²) in [5, 5.41) is 0. The fraction of sp³-hybridized carbons (Fsp3) is 0.0714. The van der Waals surface area contributed by atoms with E-state index in [4.69, 9.17) is 4.74 Å². The molecule has 0 amide bonds. The van der Waals surface area contributed by atoms with Gasteiger partial charge in [0, 0.05) is 22.4 Å². The van der Waals surface area contributed by atoms with Crippen LogP contribution in [0.3, 0.4) is 0 Å². The van der Waals surface area contributed by atoms with Crippen LogP contribution in [0.1, 0.15) is 0 Å². The normalized spacial score (nSPS) is 10.9. The summed E-state index contributed by atoms with van der Waals surface area (Å²) in [4.78, 5) is 4.68. The summed E-state index contributed by atoms with van der Waals surface area (Å²) in [7, 11) is 1.66. The second kappa shape index (κ2) is 5.13. The molecule has 3 nitrogen and oxygen atoms in total. The maximum atomic E-state index is 5.21. The molecule has 5 heteroatoms. The maximum absolute atomic E-state index is 5.21. The van der Waals surface area contributed by atoms with Crippen molar-refractivity contribution < 1.29 is 4.74 Å². The van der Waals surface area contributed by atoms with E-state index in [1.807, 2.05) is 41.1 Å². The maximum Gasteiger partial charge on any atom is 0.150 e. The summed E-state index contributed by atoms with van der Waals surface area (Å²) in [6.45, 7) is 0.